The molecular weight excluding hydrogens is 739 g/mol. The van der Waals surface area contributed by atoms with Crippen LogP contribution in [0.4, 0.5) is 0 Å². The maximum Gasteiger partial charge on any atom is 0.164 e. The van der Waals surface area contributed by atoms with Gasteiger partial charge in [0.25, 0.3) is 0 Å². The van der Waals surface area contributed by atoms with E-state index in [4.69, 9.17) is 24.9 Å². The van der Waals surface area contributed by atoms with Crippen molar-refractivity contribution in [1.82, 2.24) is 44.0 Å². The molecular formula is C51H35N9. The summed E-state index contributed by atoms with van der Waals surface area (Å²) in [4.78, 5) is 34.5. The van der Waals surface area contributed by atoms with Gasteiger partial charge in [-0.1, -0.05) is 109 Å². The molecule has 0 aliphatic heterocycles. The van der Waals surface area contributed by atoms with Crippen LogP contribution in [0.2, 0.25) is 0 Å². The summed E-state index contributed by atoms with van der Waals surface area (Å²) in [5, 5.41) is 0. The Balaban J connectivity index is 1.09. The third kappa shape index (κ3) is 6.35. The number of nitrogens with zero attached hydrogens (tertiary/aromatic N) is 9. The Morgan fingerprint density at radius 1 is 0.450 bits per heavy atom. The van der Waals surface area contributed by atoms with Crippen LogP contribution >= 0.6 is 0 Å². The summed E-state index contributed by atoms with van der Waals surface area (Å²) >= 11 is 0. The zero-order valence-corrected chi connectivity index (χ0v) is 32.3. The Labute approximate surface area is 345 Å². The average molecular weight is 774 g/mol. The Kier molecular flexibility index (Phi) is 8.74. The van der Waals surface area contributed by atoms with Gasteiger partial charge in [0, 0.05) is 58.3 Å². The van der Waals surface area contributed by atoms with Gasteiger partial charge in [0.15, 0.2) is 17.5 Å². The number of hydrogen-bond acceptors (Lipinski definition) is 7. The van der Waals surface area contributed by atoms with Gasteiger partial charge in [-0.05, 0) is 78.2 Å². The van der Waals surface area contributed by atoms with Crippen LogP contribution in [-0.4, -0.2) is 44.0 Å². The molecule has 284 valence electrons. The summed E-state index contributed by atoms with van der Waals surface area (Å²) in [6.45, 7) is 0. The fourth-order valence-electron chi connectivity index (χ4n) is 8.15. The molecule has 5 aromatic heterocycles. The molecule has 0 saturated carbocycles. The van der Waals surface area contributed by atoms with Gasteiger partial charge in [-0.25, -0.2) is 24.9 Å². The molecule has 0 saturated heterocycles. The maximum absolute atomic E-state index is 5.27. The average Bonchev–Trinajstić information content (AvgIpc) is 3.92. The van der Waals surface area contributed by atoms with E-state index in [0.29, 0.717) is 17.5 Å². The highest BCUT2D eigenvalue weighted by Crippen LogP contribution is 2.37. The monoisotopic (exact) mass is 773 g/mol. The molecule has 9 nitrogen and oxygen atoms in total. The van der Waals surface area contributed by atoms with Crippen molar-refractivity contribution in [2.45, 2.75) is 12.5 Å². The van der Waals surface area contributed by atoms with E-state index in [1.807, 2.05) is 73.1 Å². The number of pyridine rings is 2. The van der Waals surface area contributed by atoms with E-state index in [9.17, 15) is 0 Å². The van der Waals surface area contributed by atoms with E-state index >= 15 is 0 Å². The summed E-state index contributed by atoms with van der Waals surface area (Å²) in [5.41, 5.74) is 11.6. The number of rotatable bonds is 8. The highest BCUT2D eigenvalue weighted by atomic mass is 15.1. The molecule has 0 bridgehead atoms. The molecule has 5 heterocycles. The fraction of sp³-hybridized carbons (Fsp3) is 0.0392. The number of para-hydroxylation sites is 4. The smallest absolute Gasteiger partial charge is 0.164 e. The zero-order chi connectivity index (χ0) is 39.8. The first-order chi connectivity index (χ1) is 29.7. The maximum atomic E-state index is 5.27. The van der Waals surface area contributed by atoms with Crippen molar-refractivity contribution in [2.24, 2.45) is 0 Å². The van der Waals surface area contributed by atoms with Crippen molar-refractivity contribution in [2.75, 3.05) is 0 Å². The molecule has 0 radical (unpaired) electrons. The van der Waals surface area contributed by atoms with E-state index < -0.39 is 0 Å². The lowest BCUT2D eigenvalue weighted by Crippen LogP contribution is -2.11. The normalized spacial score (nSPS) is 13.8. The lowest BCUT2D eigenvalue weighted by Gasteiger charge is -2.21. The third-order valence-electron chi connectivity index (χ3n) is 10.9. The lowest BCUT2D eigenvalue weighted by atomic mass is 9.98. The molecule has 0 spiro atoms. The second-order valence-electron chi connectivity index (χ2n) is 14.6. The molecule has 10 aromatic rings. The topological polar surface area (TPSA) is 100 Å². The van der Waals surface area contributed by atoms with Gasteiger partial charge in [-0.3, -0.25) is 14.5 Å². The van der Waals surface area contributed by atoms with Gasteiger partial charge >= 0.3 is 0 Å². The van der Waals surface area contributed by atoms with Crippen molar-refractivity contribution in [1.29, 1.82) is 0 Å². The quantitative estimate of drug-likeness (QED) is 0.152. The Morgan fingerprint density at radius 3 is 1.83 bits per heavy atom. The molecule has 9 heteroatoms. The van der Waals surface area contributed by atoms with Crippen LogP contribution in [0.5, 0.6) is 0 Å². The Bertz CT molecular complexity index is 3240. The van der Waals surface area contributed by atoms with E-state index in [-0.39, 0.29) is 6.04 Å². The molecule has 5 aromatic carbocycles. The van der Waals surface area contributed by atoms with Gasteiger partial charge in [0.1, 0.15) is 11.6 Å². The van der Waals surface area contributed by atoms with Crippen LogP contribution in [0.25, 0.3) is 90.0 Å². The SMILES string of the molecule is C1=CC(c2nc(-c3cccc(-n4c(-c5ccncc5)nc5ccccc54)c3)nc(-c3ccccc3-c3ccccc3)n2)=CC(n2c(-c3ccncc3)nc3ccccc32)C1. The first-order valence-corrected chi connectivity index (χ1v) is 19.9. The summed E-state index contributed by atoms with van der Waals surface area (Å²) in [6.07, 6.45) is 14.6. The first-order valence-electron chi connectivity index (χ1n) is 19.9. The van der Waals surface area contributed by atoms with E-state index in [1.54, 1.807) is 12.4 Å². The number of imidazole rings is 2. The fourth-order valence-corrected chi connectivity index (χ4v) is 8.15. The molecule has 0 fully saturated rings. The van der Waals surface area contributed by atoms with Crippen molar-refractivity contribution in [3.63, 3.8) is 0 Å². The van der Waals surface area contributed by atoms with Crippen molar-refractivity contribution in [3.05, 3.63) is 200 Å². The number of allylic oxidation sites excluding steroid dienone is 4. The van der Waals surface area contributed by atoms with Gasteiger partial charge in [-0.2, -0.15) is 0 Å². The van der Waals surface area contributed by atoms with Crippen molar-refractivity contribution >= 4 is 27.6 Å². The van der Waals surface area contributed by atoms with E-state index in [1.165, 1.54) is 0 Å². The van der Waals surface area contributed by atoms with Gasteiger partial charge in [0.2, 0.25) is 0 Å². The molecule has 0 amide bonds. The van der Waals surface area contributed by atoms with Crippen molar-refractivity contribution in [3.8, 4) is 62.4 Å². The summed E-state index contributed by atoms with van der Waals surface area (Å²) < 4.78 is 4.51. The van der Waals surface area contributed by atoms with Crippen LogP contribution in [0, 0.1) is 0 Å². The lowest BCUT2D eigenvalue weighted by molar-refractivity contribution is 0.632. The predicted octanol–water partition coefficient (Wildman–Crippen LogP) is 11.3. The second-order valence-corrected chi connectivity index (χ2v) is 14.6. The number of aromatic nitrogens is 9. The molecule has 1 aliphatic carbocycles. The molecule has 1 unspecified atom stereocenters. The predicted molar refractivity (Wildman–Crippen MR) is 238 cm³/mol. The molecule has 11 rings (SSSR count). The molecule has 1 atom stereocenters. The van der Waals surface area contributed by atoms with E-state index in [2.05, 4.69) is 128 Å². The van der Waals surface area contributed by atoms with Gasteiger partial charge in [-0.15, -0.1) is 0 Å². The minimum atomic E-state index is -0.0507. The van der Waals surface area contributed by atoms with Crippen LogP contribution in [0.3, 0.4) is 0 Å². The summed E-state index contributed by atoms with van der Waals surface area (Å²) in [6, 6.07) is 51.5. The highest BCUT2D eigenvalue weighted by Gasteiger charge is 2.23. The second kappa shape index (κ2) is 15.0. The Morgan fingerprint density at radius 2 is 1.05 bits per heavy atom. The molecule has 60 heavy (non-hydrogen) atoms. The van der Waals surface area contributed by atoms with Crippen LogP contribution in [-0.2, 0) is 0 Å². The Hall–Kier alpha value is -8.17. The number of fused-ring (bicyclic) bond motifs is 2. The van der Waals surface area contributed by atoms with Crippen molar-refractivity contribution < 1.29 is 0 Å². The third-order valence-corrected chi connectivity index (χ3v) is 10.9. The van der Waals surface area contributed by atoms with Crippen LogP contribution < -0.4 is 0 Å². The standard InChI is InChI=1S/C51H35N9/c1-2-12-34(13-3-1)41-18-4-5-19-42(41)49-57-47(37-14-10-16-39(32-37)59-45-22-8-6-20-43(45)54-50(59)35-24-28-52-29-25-35)56-48(58-49)38-15-11-17-40(33-38)60-46-23-9-7-21-44(46)55-51(60)36-26-30-53-31-27-36/h1-16,18-33,40H,17H2. The first kappa shape index (κ1) is 35.0. The molecule has 0 N–H and O–H groups in total. The summed E-state index contributed by atoms with van der Waals surface area (Å²) in [7, 11) is 0. The minimum Gasteiger partial charge on any atom is -0.317 e. The van der Waals surface area contributed by atoms with Crippen LogP contribution in [0.15, 0.2) is 195 Å². The van der Waals surface area contributed by atoms with Gasteiger partial charge in [0.05, 0.1) is 28.1 Å². The largest absolute Gasteiger partial charge is 0.317 e. The molecule has 1 aliphatic rings. The summed E-state index contributed by atoms with van der Waals surface area (Å²) in [5.74, 6) is 3.46. The van der Waals surface area contributed by atoms with E-state index in [0.717, 1.165) is 84.8 Å². The number of benzene rings is 5. The van der Waals surface area contributed by atoms with Crippen LogP contribution in [0.1, 0.15) is 18.3 Å². The number of hydrogen-bond donors (Lipinski definition) is 0. The highest BCUT2D eigenvalue weighted by molar-refractivity contribution is 5.86. The zero-order valence-electron chi connectivity index (χ0n) is 32.3. The van der Waals surface area contributed by atoms with Gasteiger partial charge < -0.3 is 4.57 Å². The minimum absolute atomic E-state index is 0.0507.